The van der Waals surface area contributed by atoms with E-state index >= 15 is 0 Å². The molecular formula is C25H32F2N6O3. The Bertz CT molecular complexity index is 1090. The first kappa shape index (κ1) is 25.7. The third kappa shape index (κ3) is 5.56. The van der Waals surface area contributed by atoms with Gasteiger partial charge in [-0.1, -0.05) is 0 Å². The van der Waals surface area contributed by atoms with Crippen molar-refractivity contribution < 1.29 is 23.1 Å². The maximum atomic E-state index is 14.1. The highest BCUT2D eigenvalue weighted by Crippen LogP contribution is 2.33. The maximum Gasteiger partial charge on any atom is 0.257 e. The zero-order chi connectivity index (χ0) is 25.8. The van der Waals surface area contributed by atoms with Crippen LogP contribution in [0.1, 0.15) is 37.6 Å². The highest BCUT2D eigenvalue weighted by molar-refractivity contribution is 5.97. The topological polar surface area (TPSA) is 90.9 Å². The van der Waals surface area contributed by atoms with Crippen molar-refractivity contribution in [1.29, 1.82) is 0 Å². The number of piperazine rings is 1. The van der Waals surface area contributed by atoms with Gasteiger partial charge in [-0.15, -0.1) is 0 Å². The number of amides is 2. The first-order chi connectivity index (χ1) is 17.3. The fourth-order valence-electron chi connectivity index (χ4n) is 4.63. The Morgan fingerprint density at radius 1 is 1.22 bits per heavy atom. The highest BCUT2D eigenvalue weighted by atomic mass is 19.1. The molecule has 2 aliphatic rings. The maximum absolute atomic E-state index is 14.1. The van der Waals surface area contributed by atoms with E-state index in [2.05, 4.69) is 15.3 Å². The van der Waals surface area contributed by atoms with Crippen LogP contribution in [0.3, 0.4) is 0 Å². The monoisotopic (exact) mass is 502 g/mol. The smallest absolute Gasteiger partial charge is 0.257 e. The molecule has 194 valence electrons. The first-order valence-corrected chi connectivity index (χ1v) is 12.3. The number of hydrogen-bond acceptors (Lipinski definition) is 7. The van der Waals surface area contributed by atoms with Crippen LogP contribution >= 0.6 is 0 Å². The van der Waals surface area contributed by atoms with Crippen LogP contribution in [0.15, 0.2) is 30.7 Å². The zero-order valence-electron chi connectivity index (χ0n) is 20.8. The van der Waals surface area contributed by atoms with E-state index in [1.807, 2.05) is 25.7 Å². The Labute approximate surface area is 209 Å². The normalized spacial score (nSPS) is 20.1. The molecule has 2 saturated heterocycles. The zero-order valence-corrected chi connectivity index (χ0v) is 20.8. The quantitative estimate of drug-likeness (QED) is 0.623. The fourth-order valence-corrected chi connectivity index (χ4v) is 4.63. The van der Waals surface area contributed by atoms with E-state index in [4.69, 9.17) is 4.74 Å². The van der Waals surface area contributed by atoms with Crippen LogP contribution < -0.4 is 15.0 Å². The van der Waals surface area contributed by atoms with Crippen molar-refractivity contribution in [1.82, 2.24) is 25.1 Å². The van der Waals surface area contributed by atoms with Gasteiger partial charge in [0.05, 0.1) is 17.8 Å². The van der Waals surface area contributed by atoms with E-state index in [1.54, 1.807) is 9.80 Å². The van der Waals surface area contributed by atoms with Gasteiger partial charge in [-0.3, -0.25) is 9.59 Å². The lowest BCUT2D eigenvalue weighted by atomic mass is 10.1. The second kappa shape index (κ2) is 11.2. The fraction of sp³-hybridized carbons (Fsp3) is 0.520. The van der Waals surface area contributed by atoms with Gasteiger partial charge in [0.25, 0.3) is 5.91 Å². The number of hydrogen-bond donors (Lipinski definition) is 1. The molecule has 3 heterocycles. The van der Waals surface area contributed by atoms with Gasteiger partial charge in [-0.05, 0) is 39.0 Å². The average Bonchev–Trinajstić information content (AvgIpc) is 3.31. The molecule has 0 radical (unpaired) electrons. The van der Waals surface area contributed by atoms with Crippen molar-refractivity contribution in [3.63, 3.8) is 0 Å². The van der Waals surface area contributed by atoms with Crippen LogP contribution in [-0.2, 0) is 4.79 Å². The summed E-state index contributed by atoms with van der Waals surface area (Å²) in [6.07, 6.45) is 2.11. The van der Waals surface area contributed by atoms with Crippen LogP contribution in [0, 0.1) is 5.82 Å². The lowest BCUT2D eigenvalue weighted by Crippen LogP contribution is -2.53. The molecule has 0 saturated carbocycles. The number of aromatic nitrogens is 2. The number of carbonyl (C=O) groups is 2. The summed E-state index contributed by atoms with van der Waals surface area (Å²) in [7, 11) is 0. The van der Waals surface area contributed by atoms with Crippen molar-refractivity contribution in [3.8, 4) is 11.5 Å². The van der Waals surface area contributed by atoms with Gasteiger partial charge >= 0.3 is 0 Å². The minimum absolute atomic E-state index is 0.0662. The largest absolute Gasteiger partial charge is 0.451 e. The van der Waals surface area contributed by atoms with Gasteiger partial charge in [0, 0.05) is 51.7 Å². The Kier molecular flexibility index (Phi) is 7.97. The van der Waals surface area contributed by atoms with Gasteiger partial charge in [0.1, 0.15) is 24.1 Å². The molecule has 2 aliphatic heterocycles. The second-order valence-corrected chi connectivity index (χ2v) is 9.24. The van der Waals surface area contributed by atoms with Crippen LogP contribution in [0.25, 0.3) is 0 Å². The standard InChI is InChI=1S/C25H32F2N6O3/c1-4-33(16(2)3)24(34)19-11-17(26)5-6-21(19)36-22-14-28-15-30-23(22)31-7-9-32(10-8-31)25(35)20-12-18(27)13-29-20/h5-6,11,14-16,18,20,29H,4,7-10,12-13H2,1-3H3/t18-,20+/m1/s1. The summed E-state index contributed by atoms with van der Waals surface area (Å²) in [5.74, 6) is 0.0878. The molecule has 1 aromatic carbocycles. The molecule has 1 aromatic heterocycles. The van der Waals surface area contributed by atoms with Gasteiger partial charge in [0.2, 0.25) is 5.91 Å². The van der Waals surface area contributed by atoms with Crippen molar-refractivity contribution >= 4 is 17.6 Å². The Morgan fingerprint density at radius 2 is 1.97 bits per heavy atom. The number of alkyl halides is 1. The summed E-state index contributed by atoms with van der Waals surface area (Å²) in [6.45, 7) is 8.24. The number of carbonyl (C=O) groups excluding carboxylic acids is 2. The Hall–Kier alpha value is -3.34. The van der Waals surface area contributed by atoms with E-state index in [0.717, 1.165) is 0 Å². The third-order valence-electron chi connectivity index (χ3n) is 6.54. The summed E-state index contributed by atoms with van der Waals surface area (Å²) in [6, 6.07) is 3.30. The molecule has 4 rings (SSSR count). The molecular weight excluding hydrogens is 470 g/mol. The van der Waals surface area contributed by atoms with Gasteiger partial charge < -0.3 is 24.8 Å². The number of anilines is 1. The summed E-state index contributed by atoms with van der Waals surface area (Å²) in [4.78, 5) is 39.7. The first-order valence-electron chi connectivity index (χ1n) is 12.3. The number of benzene rings is 1. The summed E-state index contributed by atoms with van der Waals surface area (Å²) < 4.78 is 33.7. The molecule has 2 atom stereocenters. The van der Waals surface area contributed by atoms with Crippen LogP contribution in [0.4, 0.5) is 14.6 Å². The molecule has 36 heavy (non-hydrogen) atoms. The van der Waals surface area contributed by atoms with Crippen molar-refractivity contribution in [2.75, 3.05) is 44.2 Å². The Balaban J connectivity index is 1.50. The van der Waals surface area contributed by atoms with Crippen molar-refractivity contribution in [2.24, 2.45) is 0 Å². The van der Waals surface area contributed by atoms with Crippen LogP contribution in [-0.4, -0.2) is 89.1 Å². The lowest BCUT2D eigenvalue weighted by Gasteiger charge is -2.36. The molecule has 11 heteroatoms. The van der Waals surface area contributed by atoms with Crippen molar-refractivity contribution in [3.05, 3.63) is 42.1 Å². The van der Waals surface area contributed by atoms with E-state index in [1.165, 1.54) is 30.7 Å². The average molecular weight is 503 g/mol. The number of ether oxygens (including phenoxy) is 1. The molecule has 2 aromatic rings. The van der Waals surface area contributed by atoms with Crippen LogP contribution in [0.2, 0.25) is 0 Å². The molecule has 1 N–H and O–H groups in total. The second-order valence-electron chi connectivity index (χ2n) is 9.24. The van der Waals surface area contributed by atoms with E-state index < -0.39 is 18.0 Å². The molecule has 2 fully saturated rings. The van der Waals surface area contributed by atoms with Gasteiger partial charge in [0.15, 0.2) is 11.6 Å². The predicted octanol–water partition coefficient (Wildman–Crippen LogP) is 2.63. The highest BCUT2D eigenvalue weighted by Gasteiger charge is 2.34. The molecule has 2 amide bonds. The van der Waals surface area contributed by atoms with Gasteiger partial charge in [-0.25, -0.2) is 18.7 Å². The lowest BCUT2D eigenvalue weighted by molar-refractivity contribution is -0.133. The number of rotatable bonds is 7. The van der Waals surface area contributed by atoms with Crippen molar-refractivity contribution in [2.45, 2.75) is 45.4 Å². The Morgan fingerprint density at radius 3 is 2.61 bits per heavy atom. The molecule has 0 bridgehead atoms. The number of nitrogens with zero attached hydrogens (tertiary/aromatic N) is 5. The van der Waals surface area contributed by atoms with Crippen LogP contribution in [0.5, 0.6) is 11.5 Å². The predicted molar refractivity (Wildman–Crippen MR) is 130 cm³/mol. The van der Waals surface area contributed by atoms with Gasteiger partial charge in [-0.2, -0.15) is 0 Å². The minimum Gasteiger partial charge on any atom is -0.451 e. The molecule has 0 spiro atoms. The van der Waals surface area contributed by atoms with E-state index in [0.29, 0.717) is 44.3 Å². The summed E-state index contributed by atoms with van der Waals surface area (Å²) >= 11 is 0. The van der Waals surface area contributed by atoms with E-state index in [-0.39, 0.29) is 42.1 Å². The third-order valence-corrected chi connectivity index (χ3v) is 6.54. The molecule has 0 unspecified atom stereocenters. The number of halogens is 2. The summed E-state index contributed by atoms with van der Waals surface area (Å²) in [5.41, 5.74) is 0.117. The molecule has 0 aliphatic carbocycles. The SMILES string of the molecule is CCN(C(=O)c1cc(F)ccc1Oc1cncnc1N1CCN(C(=O)[C@@H]2C[C@@H](F)CN2)CC1)C(C)C. The minimum atomic E-state index is -0.992. The molecule has 9 nitrogen and oxygen atoms in total. The number of nitrogens with one attached hydrogen (secondary N) is 1. The summed E-state index contributed by atoms with van der Waals surface area (Å²) in [5, 5.41) is 2.94. The van der Waals surface area contributed by atoms with E-state index in [9.17, 15) is 18.4 Å².